The summed E-state index contributed by atoms with van der Waals surface area (Å²) in [6.07, 6.45) is -0.642. The molecule has 0 aliphatic heterocycles. The molecule has 1 N–H and O–H groups in total. The van der Waals surface area contributed by atoms with E-state index >= 15 is 0 Å². The lowest BCUT2D eigenvalue weighted by molar-refractivity contribution is 0.199. The van der Waals surface area contributed by atoms with Crippen molar-refractivity contribution >= 4 is 5.69 Å². The summed E-state index contributed by atoms with van der Waals surface area (Å²) in [5.74, 6) is -0.304. The van der Waals surface area contributed by atoms with Crippen LogP contribution in [0, 0.1) is 5.82 Å². The third-order valence-corrected chi connectivity index (χ3v) is 2.54. The maximum absolute atomic E-state index is 13.0. The highest BCUT2D eigenvalue weighted by Crippen LogP contribution is 2.26. The minimum absolute atomic E-state index is 0.304. The zero-order valence-corrected chi connectivity index (χ0v) is 9.50. The fourth-order valence-corrected chi connectivity index (χ4v) is 1.71. The van der Waals surface area contributed by atoms with Crippen LogP contribution in [0.1, 0.15) is 32.4 Å². The first kappa shape index (κ1) is 12.0. The van der Waals surface area contributed by atoms with Gasteiger partial charge < -0.3 is 10.0 Å². The predicted octanol–water partition coefficient (Wildman–Crippen LogP) is 2.73. The highest BCUT2D eigenvalue weighted by Gasteiger charge is 2.12. The molecule has 84 valence electrons. The van der Waals surface area contributed by atoms with Gasteiger partial charge in [-0.3, -0.25) is 0 Å². The molecule has 1 aromatic carbocycles. The molecule has 0 saturated heterocycles. The summed E-state index contributed by atoms with van der Waals surface area (Å²) in [7, 11) is 0. The average molecular weight is 211 g/mol. The zero-order chi connectivity index (χ0) is 11.4. The van der Waals surface area contributed by atoms with E-state index in [1.165, 1.54) is 12.1 Å². The molecule has 0 fully saturated rings. The first-order valence-corrected chi connectivity index (χ1v) is 5.32. The lowest BCUT2D eigenvalue weighted by Gasteiger charge is -2.25. The van der Waals surface area contributed by atoms with Crippen LogP contribution in [0.15, 0.2) is 18.2 Å². The number of benzene rings is 1. The van der Waals surface area contributed by atoms with Gasteiger partial charge >= 0.3 is 0 Å². The third kappa shape index (κ3) is 2.69. The van der Waals surface area contributed by atoms with E-state index in [0.29, 0.717) is 5.56 Å². The zero-order valence-electron chi connectivity index (χ0n) is 9.50. The summed E-state index contributed by atoms with van der Waals surface area (Å²) < 4.78 is 13.0. The van der Waals surface area contributed by atoms with E-state index in [0.717, 1.165) is 18.8 Å². The SMILES string of the molecule is CCN(CC)c1ccc(F)cc1[C@H](C)O. The lowest BCUT2D eigenvalue weighted by atomic mass is 10.1. The van der Waals surface area contributed by atoms with Gasteiger partial charge in [-0.05, 0) is 39.0 Å². The summed E-state index contributed by atoms with van der Waals surface area (Å²) in [5, 5.41) is 9.58. The Morgan fingerprint density at radius 3 is 2.40 bits per heavy atom. The van der Waals surface area contributed by atoms with Gasteiger partial charge in [0.1, 0.15) is 5.82 Å². The number of nitrogens with zero attached hydrogens (tertiary/aromatic N) is 1. The minimum atomic E-state index is -0.642. The molecule has 2 nitrogen and oxygen atoms in total. The summed E-state index contributed by atoms with van der Waals surface area (Å²) in [4.78, 5) is 2.10. The Hall–Kier alpha value is -1.09. The monoisotopic (exact) mass is 211 g/mol. The molecule has 0 aliphatic carbocycles. The Balaban J connectivity index is 3.15. The molecule has 3 heteroatoms. The molecule has 0 saturated carbocycles. The molecule has 0 amide bonds. The van der Waals surface area contributed by atoms with Crippen molar-refractivity contribution in [3.8, 4) is 0 Å². The number of halogens is 1. The van der Waals surface area contributed by atoms with Gasteiger partial charge in [0, 0.05) is 24.3 Å². The Bertz CT molecular complexity index is 321. The van der Waals surface area contributed by atoms with Crippen LogP contribution in [0.2, 0.25) is 0 Å². The van der Waals surface area contributed by atoms with Crippen molar-refractivity contribution in [3.05, 3.63) is 29.6 Å². The molecular formula is C12H18FNO. The standard InChI is InChI=1S/C12H18FNO/c1-4-14(5-2)12-7-6-10(13)8-11(12)9(3)15/h6-9,15H,4-5H2,1-3H3/t9-/m0/s1. The second kappa shape index (κ2) is 5.12. The Morgan fingerprint density at radius 2 is 1.93 bits per heavy atom. The van der Waals surface area contributed by atoms with E-state index in [4.69, 9.17) is 0 Å². The molecule has 1 atom stereocenters. The molecule has 0 bridgehead atoms. The summed E-state index contributed by atoms with van der Waals surface area (Å²) in [5.41, 5.74) is 1.56. The molecule has 1 rings (SSSR count). The maximum atomic E-state index is 13.0. The first-order valence-electron chi connectivity index (χ1n) is 5.32. The molecule has 0 spiro atoms. The Labute approximate surface area is 90.3 Å². The highest BCUT2D eigenvalue weighted by molar-refractivity contribution is 5.54. The van der Waals surface area contributed by atoms with E-state index in [1.807, 2.05) is 13.8 Å². The molecule has 0 unspecified atom stereocenters. The van der Waals surface area contributed by atoms with Crippen molar-refractivity contribution in [1.29, 1.82) is 0 Å². The van der Waals surface area contributed by atoms with Crippen LogP contribution >= 0.6 is 0 Å². The summed E-state index contributed by atoms with van der Waals surface area (Å²) in [6.45, 7) is 7.43. The van der Waals surface area contributed by atoms with E-state index in [-0.39, 0.29) is 5.82 Å². The average Bonchev–Trinajstić information content (AvgIpc) is 2.21. The van der Waals surface area contributed by atoms with Crippen LogP contribution in [0.4, 0.5) is 10.1 Å². The van der Waals surface area contributed by atoms with E-state index in [9.17, 15) is 9.50 Å². The van der Waals surface area contributed by atoms with Gasteiger partial charge in [0.05, 0.1) is 6.10 Å². The van der Waals surface area contributed by atoms with Gasteiger partial charge in [0.15, 0.2) is 0 Å². The van der Waals surface area contributed by atoms with Crippen molar-refractivity contribution < 1.29 is 9.50 Å². The smallest absolute Gasteiger partial charge is 0.123 e. The number of hydrogen-bond acceptors (Lipinski definition) is 2. The van der Waals surface area contributed by atoms with Crippen LogP contribution in [0.3, 0.4) is 0 Å². The third-order valence-electron chi connectivity index (χ3n) is 2.54. The van der Waals surface area contributed by atoms with Gasteiger partial charge in [-0.2, -0.15) is 0 Å². The highest BCUT2D eigenvalue weighted by atomic mass is 19.1. The molecule has 0 heterocycles. The summed E-state index contributed by atoms with van der Waals surface area (Å²) in [6, 6.07) is 4.56. The van der Waals surface area contributed by atoms with Crippen LogP contribution < -0.4 is 4.90 Å². The summed E-state index contributed by atoms with van der Waals surface area (Å²) >= 11 is 0. The second-order valence-corrected chi connectivity index (χ2v) is 3.55. The van der Waals surface area contributed by atoms with Crippen LogP contribution in [0.25, 0.3) is 0 Å². The first-order chi connectivity index (χ1) is 7.10. The van der Waals surface area contributed by atoms with Crippen molar-refractivity contribution in [1.82, 2.24) is 0 Å². The van der Waals surface area contributed by atoms with Gasteiger partial charge in [0.2, 0.25) is 0 Å². The molecule has 0 aromatic heterocycles. The molecule has 0 radical (unpaired) electrons. The number of aliphatic hydroxyl groups is 1. The van der Waals surface area contributed by atoms with E-state index in [2.05, 4.69) is 4.90 Å². The van der Waals surface area contributed by atoms with Crippen molar-refractivity contribution in [2.75, 3.05) is 18.0 Å². The van der Waals surface area contributed by atoms with Gasteiger partial charge in [0.25, 0.3) is 0 Å². The van der Waals surface area contributed by atoms with Crippen LogP contribution in [-0.4, -0.2) is 18.2 Å². The van der Waals surface area contributed by atoms with Crippen molar-refractivity contribution in [2.24, 2.45) is 0 Å². The second-order valence-electron chi connectivity index (χ2n) is 3.55. The minimum Gasteiger partial charge on any atom is -0.389 e. The van der Waals surface area contributed by atoms with Crippen molar-refractivity contribution in [2.45, 2.75) is 26.9 Å². The van der Waals surface area contributed by atoms with Crippen molar-refractivity contribution in [3.63, 3.8) is 0 Å². The quantitative estimate of drug-likeness (QED) is 0.827. The fraction of sp³-hybridized carbons (Fsp3) is 0.500. The normalized spacial score (nSPS) is 12.6. The Kier molecular flexibility index (Phi) is 4.09. The lowest BCUT2D eigenvalue weighted by Crippen LogP contribution is -2.23. The fourth-order valence-electron chi connectivity index (χ4n) is 1.71. The van der Waals surface area contributed by atoms with Gasteiger partial charge in [-0.25, -0.2) is 4.39 Å². The number of hydrogen-bond donors (Lipinski definition) is 1. The molecule has 15 heavy (non-hydrogen) atoms. The van der Waals surface area contributed by atoms with Gasteiger partial charge in [-0.1, -0.05) is 0 Å². The van der Waals surface area contributed by atoms with E-state index in [1.54, 1.807) is 13.0 Å². The number of aliphatic hydroxyl groups excluding tert-OH is 1. The predicted molar refractivity (Wildman–Crippen MR) is 60.6 cm³/mol. The molecule has 1 aromatic rings. The largest absolute Gasteiger partial charge is 0.389 e. The Morgan fingerprint density at radius 1 is 1.33 bits per heavy atom. The van der Waals surface area contributed by atoms with Gasteiger partial charge in [-0.15, -0.1) is 0 Å². The topological polar surface area (TPSA) is 23.5 Å². The maximum Gasteiger partial charge on any atom is 0.123 e. The molecular weight excluding hydrogens is 193 g/mol. The van der Waals surface area contributed by atoms with Crippen LogP contribution in [-0.2, 0) is 0 Å². The number of rotatable bonds is 4. The molecule has 0 aliphatic rings. The van der Waals surface area contributed by atoms with E-state index < -0.39 is 6.10 Å². The van der Waals surface area contributed by atoms with Crippen LogP contribution in [0.5, 0.6) is 0 Å². The number of anilines is 1.